The van der Waals surface area contributed by atoms with E-state index in [0.29, 0.717) is 21.8 Å². The summed E-state index contributed by atoms with van der Waals surface area (Å²) in [5.74, 6) is -0.554. The van der Waals surface area contributed by atoms with Crippen LogP contribution in [0.5, 0.6) is 0 Å². The minimum Gasteiger partial charge on any atom is -0.322 e. The van der Waals surface area contributed by atoms with Gasteiger partial charge in [-0.2, -0.15) is 5.10 Å². The molecule has 134 valence electrons. The van der Waals surface area contributed by atoms with E-state index in [-0.39, 0.29) is 11.8 Å². The molecule has 0 aromatic heterocycles. The predicted molar refractivity (Wildman–Crippen MR) is 107 cm³/mol. The number of halogens is 1. The Bertz CT molecular complexity index is 953. The molecule has 0 unspecified atom stereocenters. The topological polar surface area (TPSA) is 70.6 Å². The average Bonchev–Trinajstić information content (AvgIpc) is 2.70. The quantitative estimate of drug-likeness (QED) is 0.512. The first-order valence-corrected chi connectivity index (χ1v) is 8.55. The zero-order chi connectivity index (χ0) is 19.1. The van der Waals surface area contributed by atoms with E-state index in [1.807, 2.05) is 6.07 Å². The maximum Gasteiger partial charge on any atom is 0.271 e. The van der Waals surface area contributed by atoms with E-state index in [1.165, 1.54) is 6.21 Å². The summed E-state index contributed by atoms with van der Waals surface area (Å²) in [7, 11) is 0. The lowest BCUT2D eigenvalue weighted by atomic mass is 10.1. The van der Waals surface area contributed by atoms with Gasteiger partial charge in [0, 0.05) is 21.8 Å². The van der Waals surface area contributed by atoms with Crippen molar-refractivity contribution in [3.63, 3.8) is 0 Å². The average molecular weight is 378 g/mol. The van der Waals surface area contributed by atoms with Gasteiger partial charge in [-0.1, -0.05) is 41.9 Å². The molecule has 0 saturated carbocycles. The molecule has 0 aliphatic rings. The minimum atomic E-state index is -0.346. The van der Waals surface area contributed by atoms with E-state index >= 15 is 0 Å². The molecule has 0 heterocycles. The molecule has 3 aromatic rings. The van der Waals surface area contributed by atoms with E-state index in [1.54, 1.807) is 72.8 Å². The zero-order valence-electron chi connectivity index (χ0n) is 14.2. The van der Waals surface area contributed by atoms with Crippen LogP contribution in [0.4, 0.5) is 5.69 Å². The van der Waals surface area contributed by atoms with Crippen LogP contribution in [0.25, 0.3) is 0 Å². The molecule has 5 nitrogen and oxygen atoms in total. The van der Waals surface area contributed by atoms with Gasteiger partial charge in [-0.3, -0.25) is 9.59 Å². The number of nitrogens with one attached hydrogen (secondary N) is 2. The highest BCUT2D eigenvalue weighted by atomic mass is 35.5. The number of rotatable bonds is 5. The van der Waals surface area contributed by atoms with Crippen molar-refractivity contribution in [2.24, 2.45) is 5.10 Å². The summed E-state index contributed by atoms with van der Waals surface area (Å²) in [5, 5.41) is 7.34. The van der Waals surface area contributed by atoms with Crippen LogP contribution >= 0.6 is 11.6 Å². The second-order valence-electron chi connectivity index (χ2n) is 5.65. The maximum atomic E-state index is 12.1. The fourth-order valence-corrected chi connectivity index (χ4v) is 2.40. The van der Waals surface area contributed by atoms with Crippen molar-refractivity contribution in [3.8, 4) is 0 Å². The molecule has 6 heteroatoms. The van der Waals surface area contributed by atoms with E-state index < -0.39 is 0 Å². The lowest BCUT2D eigenvalue weighted by Crippen LogP contribution is -2.17. The van der Waals surface area contributed by atoms with Gasteiger partial charge in [-0.05, 0) is 54.1 Å². The van der Waals surface area contributed by atoms with Crippen molar-refractivity contribution in [2.75, 3.05) is 5.32 Å². The molecule has 0 atom stereocenters. The van der Waals surface area contributed by atoms with Gasteiger partial charge in [0.05, 0.1) is 6.21 Å². The van der Waals surface area contributed by atoms with Crippen LogP contribution in [0, 0.1) is 0 Å². The third-order valence-corrected chi connectivity index (χ3v) is 3.94. The molecule has 0 spiro atoms. The highest BCUT2D eigenvalue weighted by Crippen LogP contribution is 2.12. The molecule has 2 N–H and O–H groups in total. The molecule has 0 bridgehead atoms. The van der Waals surface area contributed by atoms with Crippen LogP contribution in [0.15, 0.2) is 84.0 Å². The first kappa shape index (κ1) is 18.4. The van der Waals surface area contributed by atoms with Crippen LogP contribution in [0.3, 0.4) is 0 Å². The van der Waals surface area contributed by atoms with Gasteiger partial charge in [0.1, 0.15) is 0 Å². The number of carbonyl (C=O) groups is 2. The first-order chi connectivity index (χ1) is 13.1. The van der Waals surface area contributed by atoms with Crippen molar-refractivity contribution in [1.29, 1.82) is 0 Å². The van der Waals surface area contributed by atoms with Crippen LogP contribution in [0.1, 0.15) is 26.3 Å². The SMILES string of the molecule is O=C(N/N=C\c1ccc(Cl)cc1)c1ccc(NC(=O)c2ccccc2)cc1. The zero-order valence-corrected chi connectivity index (χ0v) is 15.0. The number of hydrogen-bond donors (Lipinski definition) is 2. The standard InChI is InChI=1S/C21H16ClN3O2/c22-18-10-6-15(7-11-18)14-23-25-21(27)17-8-12-19(13-9-17)24-20(26)16-4-2-1-3-5-16/h1-14H,(H,24,26)(H,25,27)/b23-14-. The molecular weight excluding hydrogens is 362 g/mol. The number of hydrogen-bond acceptors (Lipinski definition) is 3. The highest BCUT2D eigenvalue weighted by molar-refractivity contribution is 6.30. The molecular formula is C21H16ClN3O2. The van der Waals surface area contributed by atoms with Crippen molar-refractivity contribution in [3.05, 3.63) is 101 Å². The molecule has 0 fully saturated rings. The third kappa shape index (κ3) is 5.26. The van der Waals surface area contributed by atoms with Gasteiger partial charge in [-0.25, -0.2) is 5.43 Å². The Morgan fingerprint density at radius 2 is 1.41 bits per heavy atom. The number of nitrogens with zero attached hydrogens (tertiary/aromatic N) is 1. The third-order valence-electron chi connectivity index (χ3n) is 3.69. The Morgan fingerprint density at radius 1 is 0.778 bits per heavy atom. The van der Waals surface area contributed by atoms with Gasteiger partial charge in [0.25, 0.3) is 11.8 Å². The summed E-state index contributed by atoms with van der Waals surface area (Å²) < 4.78 is 0. The maximum absolute atomic E-state index is 12.1. The molecule has 0 aliphatic carbocycles. The molecule has 0 radical (unpaired) electrons. The summed E-state index contributed by atoms with van der Waals surface area (Å²) in [5.41, 5.74) is 4.88. The molecule has 3 rings (SSSR count). The van der Waals surface area contributed by atoms with Crippen molar-refractivity contribution < 1.29 is 9.59 Å². The largest absolute Gasteiger partial charge is 0.322 e. The summed E-state index contributed by atoms with van der Waals surface area (Å²) in [4.78, 5) is 24.2. The predicted octanol–water partition coefficient (Wildman–Crippen LogP) is 4.36. The number of hydrazone groups is 1. The summed E-state index contributed by atoms with van der Waals surface area (Å²) >= 11 is 5.81. The summed E-state index contributed by atoms with van der Waals surface area (Å²) in [6, 6.07) is 22.6. The van der Waals surface area contributed by atoms with Gasteiger partial charge in [-0.15, -0.1) is 0 Å². The lowest BCUT2D eigenvalue weighted by Gasteiger charge is -2.06. The Kier molecular flexibility index (Phi) is 5.97. The van der Waals surface area contributed by atoms with Crippen molar-refractivity contribution >= 4 is 35.3 Å². The molecule has 0 saturated heterocycles. The van der Waals surface area contributed by atoms with E-state index in [4.69, 9.17) is 11.6 Å². The van der Waals surface area contributed by atoms with Gasteiger partial charge in [0.15, 0.2) is 0 Å². The lowest BCUT2D eigenvalue weighted by molar-refractivity contribution is 0.0954. The molecule has 3 aromatic carbocycles. The normalized spacial score (nSPS) is 10.6. The number of benzene rings is 3. The minimum absolute atomic E-state index is 0.208. The second kappa shape index (κ2) is 8.78. The molecule has 0 aliphatic heterocycles. The van der Waals surface area contributed by atoms with Crippen molar-refractivity contribution in [1.82, 2.24) is 5.43 Å². The van der Waals surface area contributed by atoms with Gasteiger partial charge < -0.3 is 5.32 Å². The van der Waals surface area contributed by atoms with Crippen LogP contribution < -0.4 is 10.7 Å². The Hall–Kier alpha value is -3.44. The Labute approximate surface area is 161 Å². The van der Waals surface area contributed by atoms with Crippen LogP contribution in [-0.2, 0) is 0 Å². The van der Waals surface area contributed by atoms with Crippen LogP contribution in [-0.4, -0.2) is 18.0 Å². The Balaban J connectivity index is 1.57. The Morgan fingerprint density at radius 3 is 2.07 bits per heavy atom. The smallest absolute Gasteiger partial charge is 0.271 e. The number of carbonyl (C=O) groups excluding carboxylic acids is 2. The first-order valence-electron chi connectivity index (χ1n) is 8.17. The van der Waals surface area contributed by atoms with Crippen LogP contribution in [0.2, 0.25) is 5.02 Å². The van der Waals surface area contributed by atoms with E-state index in [0.717, 1.165) is 5.56 Å². The fourth-order valence-electron chi connectivity index (χ4n) is 2.28. The van der Waals surface area contributed by atoms with Gasteiger partial charge >= 0.3 is 0 Å². The summed E-state index contributed by atoms with van der Waals surface area (Å²) in [6.07, 6.45) is 1.53. The van der Waals surface area contributed by atoms with Gasteiger partial charge in [0.2, 0.25) is 0 Å². The number of anilines is 1. The van der Waals surface area contributed by atoms with E-state index in [9.17, 15) is 9.59 Å². The molecule has 2 amide bonds. The monoisotopic (exact) mass is 377 g/mol. The highest BCUT2D eigenvalue weighted by Gasteiger charge is 2.07. The molecule has 27 heavy (non-hydrogen) atoms. The second-order valence-corrected chi connectivity index (χ2v) is 6.08. The fraction of sp³-hybridized carbons (Fsp3) is 0. The summed E-state index contributed by atoms with van der Waals surface area (Å²) in [6.45, 7) is 0. The van der Waals surface area contributed by atoms with E-state index in [2.05, 4.69) is 15.8 Å². The van der Waals surface area contributed by atoms with Crippen molar-refractivity contribution in [2.45, 2.75) is 0 Å². The number of amides is 2.